The summed E-state index contributed by atoms with van der Waals surface area (Å²) in [5.41, 5.74) is 0. The second-order valence-corrected chi connectivity index (χ2v) is 3.79. The molecule has 1 aliphatic rings. The summed E-state index contributed by atoms with van der Waals surface area (Å²) in [6.07, 6.45) is 0.519. The van der Waals surface area contributed by atoms with Crippen LogP contribution in [0.4, 0.5) is 0 Å². The molecule has 1 N–H and O–H groups in total. The molecule has 5 nitrogen and oxygen atoms in total. The van der Waals surface area contributed by atoms with E-state index in [1.54, 1.807) is 13.8 Å². The Bertz CT molecular complexity index is 230. The van der Waals surface area contributed by atoms with Crippen LogP contribution in [-0.2, 0) is 19.1 Å². The van der Waals surface area contributed by atoms with Gasteiger partial charge in [-0.2, -0.15) is 0 Å². The predicted molar refractivity (Wildman–Crippen MR) is 57.7 cm³/mol. The van der Waals surface area contributed by atoms with E-state index in [4.69, 9.17) is 9.47 Å². The van der Waals surface area contributed by atoms with E-state index in [9.17, 15) is 9.59 Å². The number of hydrogen-bond donors (Lipinski definition) is 1. The fraction of sp³-hybridized carbons (Fsp3) is 0.818. The Labute approximate surface area is 95.5 Å². The van der Waals surface area contributed by atoms with E-state index in [0.717, 1.165) is 0 Å². The molecule has 1 saturated heterocycles. The Morgan fingerprint density at radius 1 is 1.06 bits per heavy atom. The molecule has 1 aliphatic heterocycles. The van der Waals surface area contributed by atoms with E-state index < -0.39 is 0 Å². The van der Waals surface area contributed by atoms with Crippen molar-refractivity contribution in [3.8, 4) is 0 Å². The van der Waals surface area contributed by atoms with Crippen molar-refractivity contribution in [2.45, 2.75) is 20.3 Å². The van der Waals surface area contributed by atoms with Gasteiger partial charge in [0.05, 0.1) is 25.0 Å². The summed E-state index contributed by atoms with van der Waals surface area (Å²) in [5.74, 6) is -0.931. The molecule has 5 heteroatoms. The molecule has 0 unspecified atom stereocenters. The highest BCUT2D eigenvalue weighted by Crippen LogP contribution is 2.19. The summed E-state index contributed by atoms with van der Waals surface area (Å²) in [4.78, 5) is 23.0. The molecule has 92 valence electrons. The topological polar surface area (TPSA) is 64.6 Å². The van der Waals surface area contributed by atoms with Gasteiger partial charge in [-0.25, -0.2) is 0 Å². The average Bonchev–Trinajstić information content (AvgIpc) is 2.30. The first-order valence-corrected chi connectivity index (χ1v) is 5.73. The van der Waals surface area contributed by atoms with Crippen LogP contribution in [0, 0.1) is 11.8 Å². The number of carbonyl (C=O) groups excluding carboxylic acids is 2. The minimum Gasteiger partial charge on any atom is -0.466 e. The van der Waals surface area contributed by atoms with Gasteiger partial charge < -0.3 is 14.8 Å². The Kier molecular flexibility index (Phi) is 5.25. The molecular formula is C11H19NO4. The fourth-order valence-electron chi connectivity index (χ4n) is 1.82. The lowest BCUT2D eigenvalue weighted by Crippen LogP contribution is -2.43. The second-order valence-electron chi connectivity index (χ2n) is 3.79. The lowest BCUT2D eigenvalue weighted by atomic mass is 9.90. The van der Waals surface area contributed by atoms with Gasteiger partial charge in [0.2, 0.25) is 0 Å². The molecule has 2 atom stereocenters. The van der Waals surface area contributed by atoms with Crippen molar-refractivity contribution in [3.05, 3.63) is 0 Å². The molecule has 0 aromatic heterocycles. The van der Waals surface area contributed by atoms with Crippen LogP contribution in [0.15, 0.2) is 0 Å². The molecule has 0 amide bonds. The normalized spacial score (nSPS) is 24.9. The Hall–Kier alpha value is -1.10. The minimum atomic E-state index is -0.233. The molecule has 0 spiro atoms. The largest absolute Gasteiger partial charge is 0.466 e. The summed E-state index contributed by atoms with van der Waals surface area (Å²) < 4.78 is 9.88. The van der Waals surface area contributed by atoms with Gasteiger partial charge in [0.25, 0.3) is 0 Å². The Balaban J connectivity index is 2.46. The van der Waals surface area contributed by atoms with Gasteiger partial charge >= 0.3 is 11.9 Å². The summed E-state index contributed by atoms with van der Waals surface area (Å²) in [6, 6.07) is 0. The van der Waals surface area contributed by atoms with Gasteiger partial charge in [0, 0.05) is 13.1 Å². The zero-order valence-electron chi connectivity index (χ0n) is 9.82. The van der Waals surface area contributed by atoms with E-state index in [1.807, 2.05) is 0 Å². The summed E-state index contributed by atoms with van der Waals surface area (Å²) >= 11 is 0. The molecule has 0 radical (unpaired) electrons. The van der Waals surface area contributed by atoms with Crippen LogP contribution in [0.25, 0.3) is 0 Å². The van der Waals surface area contributed by atoms with Crippen LogP contribution in [-0.4, -0.2) is 38.2 Å². The molecule has 1 rings (SSSR count). The van der Waals surface area contributed by atoms with Crippen molar-refractivity contribution >= 4 is 11.9 Å². The van der Waals surface area contributed by atoms with E-state index >= 15 is 0 Å². The summed E-state index contributed by atoms with van der Waals surface area (Å²) in [7, 11) is 0. The first-order chi connectivity index (χ1) is 7.69. The Morgan fingerprint density at radius 3 is 1.88 bits per heavy atom. The molecule has 1 heterocycles. The number of rotatable bonds is 4. The number of carbonyl (C=O) groups is 2. The quantitative estimate of drug-likeness (QED) is 0.704. The molecule has 16 heavy (non-hydrogen) atoms. The standard InChI is InChI=1S/C11H19NO4/c1-3-15-10(13)8-5-9(7-12-6-8)11(14)16-4-2/h8-9,12H,3-7H2,1-2H3/t8-,9-/m0/s1. The fourth-order valence-corrected chi connectivity index (χ4v) is 1.82. The highest BCUT2D eigenvalue weighted by molar-refractivity contribution is 5.77. The van der Waals surface area contributed by atoms with Crippen LogP contribution >= 0.6 is 0 Å². The minimum absolute atomic E-state index is 0.232. The van der Waals surface area contributed by atoms with Crippen LogP contribution in [0.1, 0.15) is 20.3 Å². The van der Waals surface area contributed by atoms with E-state index in [2.05, 4.69) is 5.32 Å². The lowest BCUT2D eigenvalue weighted by molar-refractivity contribution is -0.153. The van der Waals surface area contributed by atoms with Crippen LogP contribution in [0.5, 0.6) is 0 Å². The lowest BCUT2D eigenvalue weighted by Gasteiger charge is -2.27. The first kappa shape index (κ1) is 13.0. The van der Waals surface area contributed by atoms with Gasteiger partial charge in [0.15, 0.2) is 0 Å². The van der Waals surface area contributed by atoms with Crippen molar-refractivity contribution in [1.82, 2.24) is 5.32 Å². The maximum atomic E-state index is 11.5. The highest BCUT2D eigenvalue weighted by Gasteiger charge is 2.32. The van der Waals surface area contributed by atoms with Gasteiger partial charge in [-0.05, 0) is 20.3 Å². The number of ether oxygens (including phenoxy) is 2. The maximum Gasteiger partial charge on any atom is 0.310 e. The Morgan fingerprint density at radius 2 is 1.50 bits per heavy atom. The van der Waals surface area contributed by atoms with Crippen molar-refractivity contribution in [2.75, 3.05) is 26.3 Å². The van der Waals surface area contributed by atoms with E-state index in [1.165, 1.54) is 0 Å². The molecule has 0 aliphatic carbocycles. The van der Waals surface area contributed by atoms with Crippen molar-refractivity contribution in [3.63, 3.8) is 0 Å². The smallest absolute Gasteiger partial charge is 0.310 e. The summed E-state index contributed by atoms with van der Waals surface area (Å²) in [5, 5.41) is 3.06. The number of piperidine rings is 1. The van der Waals surface area contributed by atoms with Gasteiger partial charge in [0.1, 0.15) is 0 Å². The van der Waals surface area contributed by atoms with Gasteiger partial charge in [-0.1, -0.05) is 0 Å². The van der Waals surface area contributed by atoms with Crippen molar-refractivity contribution in [1.29, 1.82) is 0 Å². The van der Waals surface area contributed by atoms with Crippen molar-refractivity contribution in [2.24, 2.45) is 11.8 Å². The predicted octanol–water partition coefficient (Wildman–Crippen LogP) is 0.338. The molecule has 0 saturated carbocycles. The summed E-state index contributed by atoms with van der Waals surface area (Å²) in [6.45, 7) is 5.45. The molecule has 0 aromatic rings. The van der Waals surface area contributed by atoms with Crippen LogP contribution in [0.2, 0.25) is 0 Å². The second kappa shape index (κ2) is 6.48. The van der Waals surface area contributed by atoms with Crippen LogP contribution in [0.3, 0.4) is 0 Å². The molecule has 0 aromatic carbocycles. The van der Waals surface area contributed by atoms with Crippen molar-refractivity contribution < 1.29 is 19.1 Å². The van der Waals surface area contributed by atoms with Gasteiger partial charge in [-0.3, -0.25) is 9.59 Å². The third kappa shape index (κ3) is 3.48. The third-order valence-electron chi connectivity index (χ3n) is 2.59. The third-order valence-corrected chi connectivity index (χ3v) is 2.59. The molecule has 1 fully saturated rings. The zero-order valence-corrected chi connectivity index (χ0v) is 9.82. The highest BCUT2D eigenvalue weighted by atomic mass is 16.5. The number of esters is 2. The number of nitrogens with one attached hydrogen (secondary N) is 1. The molecular weight excluding hydrogens is 210 g/mol. The monoisotopic (exact) mass is 229 g/mol. The SMILES string of the molecule is CCOC(=O)[C@@H]1CNC[C@@H](C(=O)OCC)C1. The zero-order chi connectivity index (χ0) is 12.0. The first-order valence-electron chi connectivity index (χ1n) is 5.73. The average molecular weight is 229 g/mol. The maximum absolute atomic E-state index is 11.5. The van der Waals surface area contributed by atoms with Crippen LogP contribution < -0.4 is 5.32 Å². The number of hydrogen-bond acceptors (Lipinski definition) is 5. The van der Waals surface area contributed by atoms with E-state index in [-0.39, 0.29) is 23.8 Å². The van der Waals surface area contributed by atoms with E-state index in [0.29, 0.717) is 32.7 Å². The van der Waals surface area contributed by atoms with Gasteiger partial charge in [-0.15, -0.1) is 0 Å². The molecule has 0 bridgehead atoms.